The first-order chi connectivity index (χ1) is 12.8. The molecule has 27 heavy (non-hydrogen) atoms. The van der Waals surface area contributed by atoms with Crippen molar-refractivity contribution in [2.45, 2.75) is 0 Å². The van der Waals surface area contributed by atoms with E-state index < -0.39 is 40.4 Å². The normalized spacial score (nSPS) is 11.0. The van der Waals surface area contributed by atoms with Crippen LogP contribution in [0.1, 0.15) is 15.9 Å². The van der Waals surface area contributed by atoms with Gasteiger partial charge in [-0.25, -0.2) is 22.0 Å². The Labute approximate surface area is 150 Å². The third-order valence-electron chi connectivity index (χ3n) is 3.59. The summed E-state index contributed by atoms with van der Waals surface area (Å²) in [4.78, 5) is 12.3. The Morgan fingerprint density at radius 3 is 1.63 bits per heavy atom. The number of hydrogen-bond acceptors (Lipinski definition) is 4. The van der Waals surface area contributed by atoms with E-state index >= 15 is 0 Å². The topological polar surface area (TPSA) is 44.8 Å². The summed E-state index contributed by atoms with van der Waals surface area (Å²) >= 11 is 0. The molecule has 0 atom stereocenters. The van der Waals surface area contributed by atoms with Crippen molar-refractivity contribution in [1.29, 1.82) is 0 Å². The van der Waals surface area contributed by atoms with Crippen LogP contribution in [-0.4, -0.2) is 27.1 Å². The lowest BCUT2D eigenvalue weighted by Crippen LogP contribution is -2.04. The van der Waals surface area contributed by atoms with Gasteiger partial charge >= 0.3 is 0 Å². The molecule has 0 aliphatic rings. The molecule has 0 heterocycles. The Balaban J connectivity index is 2.47. The van der Waals surface area contributed by atoms with Crippen LogP contribution in [0.3, 0.4) is 0 Å². The van der Waals surface area contributed by atoms with E-state index in [9.17, 15) is 26.7 Å². The summed E-state index contributed by atoms with van der Waals surface area (Å²) in [5.74, 6) is -10.9. The van der Waals surface area contributed by atoms with Crippen LogP contribution in [0, 0.1) is 29.1 Å². The second kappa shape index (κ2) is 8.07. The Morgan fingerprint density at radius 1 is 0.778 bits per heavy atom. The van der Waals surface area contributed by atoms with Crippen molar-refractivity contribution >= 4 is 11.9 Å². The van der Waals surface area contributed by atoms with E-state index in [1.54, 1.807) is 0 Å². The van der Waals surface area contributed by atoms with Gasteiger partial charge in [0.2, 0.25) is 11.6 Å². The van der Waals surface area contributed by atoms with Crippen molar-refractivity contribution in [2.75, 3.05) is 21.3 Å². The van der Waals surface area contributed by atoms with Crippen LogP contribution in [0.25, 0.3) is 6.08 Å². The van der Waals surface area contributed by atoms with Gasteiger partial charge in [-0.3, -0.25) is 4.79 Å². The fourth-order valence-electron chi connectivity index (χ4n) is 2.25. The Bertz CT molecular complexity index is 870. The Morgan fingerprint density at radius 2 is 1.22 bits per heavy atom. The zero-order valence-corrected chi connectivity index (χ0v) is 14.3. The number of rotatable bonds is 6. The third-order valence-corrected chi connectivity index (χ3v) is 3.59. The minimum Gasteiger partial charge on any atom is -0.493 e. The van der Waals surface area contributed by atoms with Crippen molar-refractivity contribution in [3.8, 4) is 17.2 Å². The molecule has 0 fully saturated rings. The summed E-state index contributed by atoms with van der Waals surface area (Å²) < 4.78 is 82.0. The molecule has 0 radical (unpaired) electrons. The van der Waals surface area contributed by atoms with Crippen LogP contribution >= 0.6 is 0 Å². The summed E-state index contributed by atoms with van der Waals surface area (Å²) in [6.07, 6.45) is 1.17. The first kappa shape index (κ1) is 20.2. The molecule has 0 spiro atoms. The maximum absolute atomic E-state index is 13.7. The van der Waals surface area contributed by atoms with Gasteiger partial charge in [0.1, 0.15) is 0 Å². The van der Waals surface area contributed by atoms with Gasteiger partial charge in [-0.05, 0) is 24.3 Å². The number of benzene rings is 2. The molecule has 4 nitrogen and oxygen atoms in total. The van der Waals surface area contributed by atoms with Gasteiger partial charge in [0, 0.05) is 5.56 Å². The summed E-state index contributed by atoms with van der Waals surface area (Å²) in [6, 6.07) is 2.54. The molecule has 0 bridgehead atoms. The summed E-state index contributed by atoms with van der Waals surface area (Å²) in [6.45, 7) is 0. The number of ketones is 1. The van der Waals surface area contributed by atoms with Crippen molar-refractivity contribution in [2.24, 2.45) is 0 Å². The second-order valence-electron chi connectivity index (χ2n) is 5.10. The van der Waals surface area contributed by atoms with Crippen LogP contribution in [0.5, 0.6) is 17.2 Å². The van der Waals surface area contributed by atoms with Crippen molar-refractivity contribution < 1.29 is 41.0 Å². The van der Waals surface area contributed by atoms with E-state index in [0.29, 0.717) is 12.2 Å². The lowest BCUT2D eigenvalue weighted by Gasteiger charge is -2.13. The Hall–Kier alpha value is -3.10. The SMILES string of the molecule is COc1cc(C(=O)C=Cc2c(F)c(F)c(F)c(F)c2F)cc(OC)c1OC. The predicted octanol–water partition coefficient (Wildman–Crippen LogP) is 4.30. The smallest absolute Gasteiger partial charge is 0.203 e. The maximum Gasteiger partial charge on any atom is 0.203 e. The zero-order valence-electron chi connectivity index (χ0n) is 14.3. The molecule has 2 aromatic carbocycles. The minimum absolute atomic E-state index is 0.0235. The highest BCUT2D eigenvalue weighted by Gasteiger charge is 2.24. The average Bonchev–Trinajstić information content (AvgIpc) is 2.69. The summed E-state index contributed by atoms with van der Waals surface area (Å²) in [5, 5.41) is 0. The molecule has 0 unspecified atom stereocenters. The molecule has 0 aliphatic heterocycles. The lowest BCUT2D eigenvalue weighted by atomic mass is 10.1. The predicted molar refractivity (Wildman–Crippen MR) is 85.7 cm³/mol. The van der Waals surface area contributed by atoms with Crippen molar-refractivity contribution in [3.63, 3.8) is 0 Å². The van der Waals surface area contributed by atoms with Crippen LogP contribution in [0.2, 0.25) is 0 Å². The van der Waals surface area contributed by atoms with Crippen molar-refractivity contribution in [3.05, 3.63) is 58.4 Å². The van der Waals surface area contributed by atoms with E-state index in [-0.39, 0.29) is 22.8 Å². The molecule has 0 saturated carbocycles. The molecule has 2 rings (SSSR count). The van der Waals surface area contributed by atoms with Crippen molar-refractivity contribution in [1.82, 2.24) is 0 Å². The first-order valence-electron chi connectivity index (χ1n) is 7.30. The number of allylic oxidation sites excluding steroid dienone is 1. The molecule has 0 saturated heterocycles. The molecule has 0 N–H and O–H groups in total. The van der Waals surface area contributed by atoms with Gasteiger partial charge in [0.05, 0.1) is 26.9 Å². The van der Waals surface area contributed by atoms with Gasteiger partial charge in [-0.1, -0.05) is 0 Å². The van der Waals surface area contributed by atoms with E-state index in [0.717, 1.165) is 0 Å². The molecule has 2 aromatic rings. The lowest BCUT2D eigenvalue weighted by molar-refractivity contribution is 0.104. The van der Waals surface area contributed by atoms with Crippen LogP contribution in [-0.2, 0) is 0 Å². The van der Waals surface area contributed by atoms with Gasteiger partial charge in [0.25, 0.3) is 0 Å². The minimum atomic E-state index is -2.28. The van der Waals surface area contributed by atoms with E-state index in [1.807, 2.05) is 0 Å². The third kappa shape index (κ3) is 3.71. The van der Waals surface area contributed by atoms with E-state index in [1.165, 1.54) is 33.5 Å². The number of halogens is 5. The molecule has 0 aliphatic carbocycles. The molecular formula is C18H13F5O4. The number of carbonyl (C=O) groups excluding carboxylic acids is 1. The largest absolute Gasteiger partial charge is 0.493 e. The molecular weight excluding hydrogens is 375 g/mol. The highest BCUT2D eigenvalue weighted by molar-refractivity contribution is 6.07. The standard InChI is InChI=1S/C18H13F5O4/c1-25-11-6-8(7-12(26-2)18(11)27-3)10(24)5-4-9-13(19)15(21)17(23)16(22)14(9)20/h4-7H,1-3H3. The van der Waals surface area contributed by atoms with Gasteiger partial charge in [-0.2, -0.15) is 0 Å². The fraction of sp³-hybridized carbons (Fsp3) is 0.167. The van der Waals surface area contributed by atoms with E-state index in [4.69, 9.17) is 14.2 Å². The quantitative estimate of drug-likeness (QED) is 0.243. The van der Waals surface area contributed by atoms with E-state index in [2.05, 4.69) is 0 Å². The highest BCUT2D eigenvalue weighted by atomic mass is 19.2. The molecule has 0 aromatic heterocycles. The fourth-order valence-corrected chi connectivity index (χ4v) is 2.25. The molecule has 9 heteroatoms. The van der Waals surface area contributed by atoms with Gasteiger partial charge in [-0.15, -0.1) is 0 Å². The number of methoxy groups -OCH3 is 3. The molecule has 0 amide bonds. The Kier molecular flexibility index (Phi) is 6.04. The summed E-state index contributed by atoms with van der Waals surface area (Å²) in [5.41, 5.74) is -1.25. The zero-order chi connectivity index (χ0) is 20.3. The second-order valence-corrected chi connectivity index (χ2v) is 5.10. The summed E-state index contributed by atoms with van der Waals surface area (Å²) in [7, 11) is 3.98. The number of carbonyl (C=O) groups is 1. The number of hydrogen-bond donors (Lipinski definition) is 0. The van der Waals surface area contributed by atoms with Gasteiger partial charge < -0.3 is 14.2 Å². The van der Waals surface area contributed by atoms with Crippen LogP contribution in [0.4, 0.5) is 22.0 Å². The number of ether oxygens (including phenoxy) is 3. The first-order valence-corrected chi connectivity index (χ1v) is 7.30. The van der Waals surface area contributed by atoms with Crippen LogP contribution < -0.4 is 14.2 Å². The maximum atomic E-state index is 13.7. The monoisotopic (exact) mass is 388 g/mol. The van der Waals surface area contributed by atoms with Gasteiger partial charge in [0.15, 0.2) is 40.6 Å². The molecule has 144 valence electrons. The van der Waals surface area contributed by atoms with Crippen LogP contribution in [0.15, 0.2) is 18.2 Å². The average molecular weight is 388 g/mol. The highest BCUT2D eigenvalue weighted by Crippen LogP contribution is 2.38.